The molecule has 2 rings (SSSR count). The maximum atomic E-state index is 12.3. The highest BCUT2D eigenvalue weighted by Gasteiger charge is 2.29. The molecule has 0 atom stereocenters. The van der Waals surface area contributed by atoms with Crippen molar-refractivity contribution in [1.29, 1.82) is 0 Å². The third kappa shape index (κ3) is 6.10. The molecular formula is C16H14ClF3N2O4S. The molecule has 0 aliphatic heterocycles. The summed E-state index contributed by atoms with van der Waals surface area (Å²) < 4.78 is 64.7. The molecule has 1 amide bonds. The van der Waals surface area contributed by atoms with Gasteiger partial charge in [-0.15, -0.1) is 0 Å². The van der Waals surface area contributed by atoms with Crippen molar-refractivity contribution in [3.05, 3.63) is 52.7 Å². The van der Waals surface area contributed by atoms with Gasteiger partial charge in [0, 0.05) is 24.6 Å². The Hall–Kier alpha value is -2.33. The second-order valence-electron chi connectivity index (χ2n) is 5.47. The number of hydrogen-bond donors (Lipinski definition) is 1. The Morgan fingerprint density at radius 1 is 1.30 bits per heavy atom. The lowest BCUT2D eigenvalue weighted by Crippen LogP contribution is -2.25. The maximum Gasteiger partial charge on any atom is 0.422 e. The molecule has 0 radical (unpaired) electrons. The SMILES string of the molecule is CS(=O)(=O)c1ccc(Cl)c(C(=O)NCc2cccnc2OCC(F)(F)F)c1. The van der Waals surface area contributed by atoms with Crippen LogP contribution in [0, 0.1) is 0 Å². The quantitative estimate of drug-likeness (QED) is 0.773. The second-order valence-corrected chi connectivity index (χ2v) is 7.89. The van der Waals surface area contributed by atoms with Crippen LogP contribution in [-0.4, -0.2) is 38.3 Å². The molecule has 11 heteroatoms. The van der Waals surface area contributed by atoms with Gasteiger partial charge >= 0.3 is 6.18 Å². The Bertz CT molecular complexity index is 949. The number of sulfone groups is 1. The van der Waals surface area contributed by atoms with Crippen LogP contribution < -0.4 is 10.1 Å². The van der Waals surface area contributed by atoms with Gasteiger partial charge in [0.05, 0.1) is 15.5 Å². The minimum atomic E-state index is -4.53. The minimum absolute atomic E-state index is 0.0274. The smallest absolute Gasteiger partial charge is 0.422 e. The van der Waals surface area contributed by atoms with Crippen molar-refractivity contribution in [3.63, 3.8) is 0 Å². The van der Waals surface area contributed by atoms with Crippen LogP contribution in [0.3, 0.4) is 0 Å². The van der Waals surface area contributed by atoms with Crippen molar-refractivity contribution in [2.75, 3.05) is 12.9 Å². The summed E-state index contributed by atoms with van der Waals surface area (Å²) in [5, 5.41) is 2.48. The van der Waals surface area contributed by atoms with Gasteiger partial charge in [-0.25, -0.2) is 13.4 Å². The van der Waals surface area contributed by atoms with Gasteiger partial charge in [0.15, 0.2) is 16.4 Å². The number of amides is 1. The Morgan fingerprint density at radius 2 is 2.00 bits per heavy atom. The number of alkyl halides is 3. The number of ether oxygens (including phenoxy) is 1. The number of carbonyl (C=O) groups is 1. The topological polar surface area (TPSA) is 85.4 Å². The fourth-order valence-corrected chi connectivity index (χ4v) is 2.87. The van der Waals surface area contributed by atoms with Gasteiger partial charge < -0.3 is 10.1 Å². The molecule has 0 saturated carbocycles. The molecule has 2 aromatic rings. The predicted octanol–water partition coefficient (Wildman–Crippen LogP) is 3.01. The van der Waals surface area contributed by atoms with Gasteiger partial charge in [-0.2, -0.15) is 13.2 Å². The van der Waals surface area contributed by atoms with Gasteiger partial charge in [-0.1, -0.05) is 17.7 Å². The molecule has 1 aromatic carbocycles. The number of hydrogen-bond acceptors (Lipinski definition) is 5. The second kappa shape index (κ2) is 8.13. The van der Waals surface area contributed by atoms with Crippen LogP contribution in [0.1, 0.15) is 15.9 Å². The molecule has 27 heavy (non-hydrogen) atoms. The highest BCUT2D eigenvalue weighted by Crippen LogP contribution is 2.22. The number of carbonyl (C=O) groups excluding carboxylic acids is 1. The van der Waals surface area contributed by atoms with Crippen LogP contribution in [0.25, 0.3) is 0 Å². The van der Waals surface area contributed by atoms with Crippen LogP contribution in [-0.2, 0) is 16.4 Å². The molecule has 0 bridgehead atoms. The average molecular weight is 423 g/mol. The molecule has 0 aliphatic carbocycles. The van der Waals surface area contributed by atoms with Gasteiger partial charge in [0.25, 0.3) is 5.91 Å². The number of nitrogens with one attached hydrogen (secondary N) is 1. The lowest BCUT2D eigenvalue weighted by Gasteiger charge is -2.13. The van der Waals surface area contributed by atoms with Gasteiger partial charge in [0.1, 0.15) is 0 Å². The maximum absolute atomic E-state index is 12.3. The van der Waals surface area contributed by atoms with Crippen LogP contribution in [0.5, 0.6) is 5.88 Å². The Morgan fingerprint density at radius 3 is 2.63 bits per heavy atom. The molecule has 1 N–H and O–H groups in total. The molecule has 0 aliphatic rings. The van der Waals surface area contributed by atoms with Gasteiger partial charge in [-0.3, -0.25) is 4.79 Å². The van der Waals surface area contributed by atoms with Crippen molar-refractivity contribution < 1.29 is 31.1 Å². The number of rotatable bonds is 6. The van der Waals surface area contributed by atoms with E-state index in [0.717, 1.165) is 12.3 Å². The van der Waals surface area contributed by atoms with E-state index < -0.39 is 28.5 Å². The first-order valence-corrected chi connectivity index (χ1v) is 9.65. The van der Waals surface area contributed by atoms with Gasteiger partial charge in [0.2, 0.25) is 5.88 Å². The predicted molar refractivity (Wildman–Crippen MR) is 91.5 cm³/mol. The van der Waals surface area contributed by atoms with Crippen LogP contribution in [0.15, 0.2) is 41.4 Å². The molecule has 6 nitrogen and oxygen atoms in total. The summed E-state index contributed by atoms with van der Waals surface area (Å²) in [6.07, 6.45) is -2.29. The summed E-state index contributed by atoms with van der Waals surface area (Å²) in [5.74, 6) is -0.970. The largest absolute Gasteiger partial charge is 0.468 e. The van der Waals surface area contributed by atoms with Crippen molar-refractivity contribution in [3.8, 4) is 5.88 Å². The first-order chi connectivity index (χ1) is 12.5. The minimum Gasteiger partial charge on any atom is -0.468 e. The lowest BCUT2D eigenvalue weighted by molar-refractivity contribution is -0.154. The van der Waals surface area contributed by atoms with Crippen LogP contribution in [0.2, 0.25) is 5.02 Å². The molecule has 1 heterocycles. The summed E-state index contributed by atoms with van der Waals surface area (Å²) in [4.78, 5) is 15.9. The van der Waals surface area contributed by atoms with E-state index in [1.54, 1.807) is 0 Å². The first kappa shape index (κ1) is 21.0. The highest BCUT2D eigenvalue weighted by atomic mass is 35.5. The van der Waals surface area contributed by atoms with E-state index in [1.807, 2.05) is 0 Å². The van der Waals surface area contributed by atoms with E-state index in [9.17, 15) is 26.4 Å². The highest BCUT2D eigenvalue weighted by molar-refractivity contribution is 7.90. The fraction of sp³-hybridized carbons (Fsp3) is 0.250. The van der Waals surface area contributed by atoms with E-state index in [4.69, 9.17) is 11.6 Å². The fourth-order valence-electron chi connectivity index (χ4n) is 2.02. The van der Waals surface area contributed by atoms with Crippen molar-refractivity contribution in [2.24, 2.45) is 0 Å². The van der Waals surface area contributed by atoms with E-state index in [0.29, 0.717) is 0 Å². The molecular weight excluding hydrogens is 409 g/mol. The van der Waals surface area contributed by atoms with Crippen molar-refractivity contribution >= 4 is 27.3 Å². The lowest BCUT2D eigenvalue weighted by atomic mass is 10.2. The molecule has 0 saturated heterocycles. The van der Waals surface area contributed by atoms with Crippen LogP contribution >= 0.6 is 11.6 Å². The van der Waals surface area contributed by atoms with Crippen LogP contribution in [0.4, 0.5) is 13.2 Å². The van der Waals surface area contributed by atoms with Crippen molar-refractivity contribution in [1.82, 2.24) is 10.3 Å². The monoisotopic (exact) mass is 422 g/mol. The zero-order valence-corrected chi connectivity index (χ0v) is 15.5. The Labute approximate surface area is 158 Å². The summed E-state index contributed by atoms with van der Waals surface area (Å²) >= 11 is 5.94. The third-order valence-electron chi connectivity index (χ3n) is 3.27. The van der Waals surface area contributed by atoms with E-state index in [1.165, 1.54) is 30.5 Å². The number of nitrogens with zero attached hydrogens (tertiary/aromatic N) is 1. The number of aromatic nitrogens is 1. The van der Waals surface area contributed by atoms with E-state index in [-0.39, 0.29) is 33.5 Å². The van der Waals surface area contributed by atoms with Gasteiger partial charge in [-0.05, 0) is 24.3 Å². The third-order valence-corrected chi connectivity index (χ3v) is 4.71. The zero-order valence-electron chi connectivity index (χ0n) is 13.9. The zero-order chi connectivity index (χ0) is 20.2. The van der Waals surface area contributed by atoms with Crippen molar-refractivity contribution in [2.45, 2.75) is 17.6 Å². The van der Waals surface area contributed by atoms with E-state index in [2.05, 4.69) is 15.0 Å². The molecule has 0 fully saturated rings. The normalized spacial score (nSPS) is 11.9. The Kier molecular flexibility index (Phi) is 6.32. The molecule has 1 aromatic heterocycles. The molecule has 0 spiro atoms. The standard InChI is InChI=1S/C16H14ClF3N2O4S/c1-27(24,25)11-4-5-13(17)12(7-11)14(23)22-8-10-3-2-6-21-15(10)26-9-16(18,19)20/h2-7H,8-9H2,1H3,(H,22,23). The van der Waals surface area contributed by atoms with E-state index >= 15 is 0 Å². The number of pyridine rings is 1. The summed E-state index contributed by atoms with van der Waals surface area (Å²) in [5.41, 5.74) is 0.131. The molecule has 0 unspecified atom stereocenters. The summed E-state index contributed by atoms with van der Waals surface area (Å²) in [6, 6.07) is 6.57. The number of benzene rings is 1. The average Bonchev–Trinajstić information content (AvgIpc) is 2.57. The number of halogens is 4. The first-order valence-electron chi connectivity index (χ1n) is 7.38. The molecule has 146 valence electrons. The Balaban J connectivity index is 2.15. The summed E-state index contributed by atoms with van der Waals surface area (Å²) in [6.45, 7) is -1.72. The summed E-state index contributed by atoms with van der Waals surface area (Å²) in [7, 11) is -3.55.